The molecule has 0 aliphatic carbocycles. The van der Waals surface area contributed by atoms with Crippen LogP contribution in [-0.2, 0) is 35.0 Å². The van der Waals surface area contributed by atoms with Gasteiger partial charge < -0.3 is 4.74 Å². The molecule has 0 radical (unpaired) electrons. The van der Waals surface area contributed by atoms with Crippen molar-refractivity contribution in [2.75, 3.05) is 27.2 Å². The summed E-state index contributed by atoms with van der Waals surface area (Å²) >= 11 is 0. The number of fused-ring (bicyclic) bond motifs is 1. The van der Waals surface area contributed by atoms with Gasteiger partial charge in [0.05, 0.1) is 24.9 Å². The van der Waals surface area contributed by atoms with E-state index in [0.29, 0.717) is 19.8 Å². The van der Waals surface area contributed by atoms with E-state index in [1.54, 1.807) is 18.4 Å². The number of aromatic nitrogens is 2. The Morgan fingerprint density at radius 1 is 1.38 bits per heavy atom. The fourth-order valence-electron chi connectivity index (χ4n) is 3.21. The maximum absolute atomic E-state index is 12.5. The van der Waals surface area contributed by atoms with Crippen LogP contribution in [0.25, 0.3) is 0 Å². The lowest BCUT2D eigenvalue weighted by Gasteiger charge is -2.27. The molecule has 0 spiro atoms. The van der Waals surface area contributed by atoms with Crippen LogP contribution in [0.4, 0.5) is 0 Å². The summed E-state index contributed by atoms with van der Waals surface area (Å²) in [6, 6.07) is -0.172. The lowest BCUT2D eigenvalue weighted by Crippen LogP contribution is -2.39. The molecule has 1 unspecified atom stereocenters. The SMILES string of the molecule is CN(C)S(=O)(=O)N1CCCC1c1nn(C)c2c1COCC2. The van der Waals surface area contributed by atoms with Crippen molar-refractivity contribution in [1.82, 2.24) is 18.4 Å². The summed E-state index contributed by atoms with van der Waals surface area (Å²) in [4.78, 5) is 0. The van der Waals surface area contributed by atoms with Crippen LogP contribution in [0.3, 0.4) is 0 Å². The van der Waals surface area contributed by atoms with Gasteiger partial charge in [0, 0.05) is 45.4 Å². The van der Waals surface area contributed by atoms with Crippen molar-refractivity contribution in [3.8, 4) is 0 Å². The largest absolute Gasteiger partial charge is 0.376 e. The maximum Gasteiger partial charge on any atom is 0.282 e. The fraction of sp³-hybridized carbons (Fsp3) is 0.769. The predicted molar refractivity (Wildman–Crippen MR) is 77.9 cm³/mol. The van der Waals surface area contributed by atoms with Crippen molar-refractivity contribution >= 4 is 10.2 Å². The Morgan fingerprint density at radius 2 is 2.14 bits per heavy atom. The van der Waals surface area contributed by atoms with Crippen molar-refractivity contribution in [2.24, 2.45) is 7.05 Å². The summed E-state index contributed by atoms with van der Waals surface area (Å²) in [5.41, 5.74) is 3.12. The van der Waals surface area contributed by atoms with Crippen LogP contribution in [0.1, 0.15) is 35.8 Å². The van der Waals surface area contributed by atoms with Crippen LogP contribution in [0.5, 0.6) is 0 Å². The third-order valence-electron chi connectivity index (χ3n) is 4.31. The molecule has 0 N–H and O–H groups in total. The van der Waals surface area contributed by atoms with E-state index in [-0.39, 0.29) is 6.04 Å². The minimum Gasteiger partial charge on any atom is -0.376 e. The smallest absolute Gasteiger partial charge is 0.282 e. The van der Waals surface area contributed by atoms with Crippen molar-refractivity contribution in [2.45, 2.75) is 31.9 Å². The van der Waals surface area contributed by atoms with E-state index >= 15 is 0 Å². The molecular weight excluding hydrogens is 292 g/mol. The van der Waals surface area contributed by atoms with Gasteiger partial charge in [0.1, 0.15) is 0 Å². The second kappa shape index (κ2) is 5.35. The van der Waals surface area contributed by atoms with E-state index in [9.17, 15) is 8.42 Å². The van der Waals surface area contributed by atoms with Crippen molar-refractivity contribution < 1.29 is 13.2 Å². The van der Waals surface area contributed by atoms with Crippen LogP contribution in [0.15, 0.2) is 0 Å². The van der Waals surface area contributed by atoms with Gasteiger partial charge in [0.15, 0.2) is 0 Å². The van der Waals surface area contributed by atoms with Crippen molar-refractivity contribution in [1.29, 1.82) is 0 Å². The molecule has 0 aromatic carbocycles. The minimum absolute atomic E-state index is 0.172. The number of rotatable bonds is 3. The maximum atomic E-state index is 12.5. The van der Waals surface area contributed by atoms with Gasteiger partial charge in [-0.25, -0.2) is 0 Å². The molecule has 7 nitrogen and oxygen atoms in total. The predicted octanol–water partition coefficient (Wildman–Crippen LogP) is 0.436. The molecule has 1 atom stereocenters. The van der Waals surface area contributed by atoms with Gasteiger partial charge in [-0.05, 0) is 12.8 Å². The molecule has 118 valence electrons. The van der Waals surface area contributed by atoms with Crippen molar-refractivity contribution in [3.05, 3.63) is 17.0 Å². The standard InChI is InChI=1S/C13H22N4O3S/c1-15(2)21(18,19)17-7-4-5-12(17)13-10-9-20-8-6-11(10)16(3)14-13/h12H,4-9H2,1-3H3. The molecule has 3 heterocycles. The Balaban J connectivity index is 2.00. The first-order valence-corrected chi connectivity index (χ1v) is 8.64. The van der Waals surface area contributed by atoms with Gasteiger partial charge >= 0.3 is 0 Å². The van der Waals surface area contributed by atoms with Gasteiger partial charge in [-0.2, -0.15) is 22.1 Å². The molecule has 3 rings (SSSR count). The van der Waals surface area contributed by atoms with Gasteiger partial charge in [-0.3, -0.25) is 4.68 Å². The lowest BCUT2D eigenvalue weighted by molar-refractivity contribution is 0.108. The molecule has 2 aliphatic heterocycles. The second-order valence-electron chi connectivity index (χ2n) is 5.80. The third-order valence-corrected chi connectivity index (χ3v) is 6.27. The molecule has 2 aliphatic rings. The lowest BCUT2D eigenvalue weighted by atomic mass is 10.0. The monoisotopic (exact) mass is 314 g/mol. The molecule has 8 heteroatoms. The highest BCUT2D eigenvalue weighted by molar-refractivity contribution is 7.86. The van der Waals surface area contributed by atoms with E-state index in [2.05, 4.69) is 5.10 Å². The average Bonchev–Trinajstić information content (AvgIpc) is 3.04. The molecule has 21 heavy (non-hydrogen) atoms. The van der Waals surface area contributed by atoms with E-state index in [0.717, 1.165) is 30.5 Å². The Morgan fingerprint density at radius 3 is 2.86 bits per heavy atom. The molecule has 1 aromatic heterocycles. The van der Waals surface area contributed by atoms with Crippen LogP contribution in [0, 0.1) is 0 Å². The van der Waals surface area contributed by atoms with Crippen LogP contribution >= 0.6 is 0 Å². The Kier molecular flexibility index (Phi) is 3.81. The highest BCUT2D eigenvalue weighted by Gasteiger charge is 2.39. The summed E-state index contributed by atoms with van der Waals surface area (Å²) in [5.74, 6) is 0. The molecule has 0 saturated carbocycles. The average molecular weight is 314 g/mol. The minimum atomic E-state index is -3.41. The quantitative estimate of drug-likeness (QED) is 0.812. The van der Waals surface area contributed by atoms with Crippen LogP contribution < -0.4 is 0 Å². The van der Waals surface area contributed by atoms with E-state index in [1.807, 2.05) is 11.7 Å². The first kappa shape index (κ1) is 15.0. The summed E-state index contributed by atoms with van der Waals surface area (Å²) in [6.45, 7) is 1.79. The van der Waals surface area contributed by atoms with Gasteiger partial charge in [0.25, 0.3) is 10.2 Å². The first-order chi connectivity index (χ1) is 9.93. The second-order valence-corrected chi connectivity index (χ2v) is 7.89. The molecule has 1 saturated heterocycles. The number of hydrogen-bond acceptors (Lipinski definition) is 4. The van der Waals surface area contributed by atoms with E-state index in [4.69, 9.17) is 4.74 Å². The molecule has 0 amide bonds. The zero-order valence-electron chi connectivity index (χ0n) is 12.7. The Hall–Kier alpha value is -0.960. The summed E-state index contributed by atoms with van der Waals surface area (Å²) < 4.78 is 35.2. The summed E-state index contributed by atoms with van der Waals surface area (Å²) in [7, 11) is 1.65. The number of aryl methyl sites for hydroxylation is 1. The van der Waals surface area contributed by atoms with Crippen molar-refractivity contribution in [3.63, 3.8) is 0 Å². The van der Waals surface area contributed by atoms with Crippen LogP contribution in [-0.4, -0.2) is 54.1 Å². The molecule has 1 aromatic rings. The van der Waals surface area contributed by atoms with Crippen LogP contribution in [0.2, 0.25) is 0 Å². The topological polar surface area (TPSA) is 67.7 Å². The normalized spacial score (nSPS) is 23.7. The van der Waals surface area contributed by atoms with Gasteiger partial charge in [-0.15, -0.1) is 0 Å². The Bertz CT molecular complexity index is 638. The highest BCUT2D eigenvalue weighted by Crippen LogP contribution is 2.37. The zero-order chi connectivity index (χ0) is 15.2. The third kappa shape index (κ3) is 2.40. The zero-order valence-corrected chi connectivity index (χ0v) is 13.6. The molecular formula is C13H22N4O3S. The van der Waals surface area contributed by atoms with E-state index in [1.165, 1.54) is 10.00 Å². The number of nitrogens with zero attached hydrogens (tertiary/aromatic N) is 4. The number of hydrogen-bond donors (Lipinski definition) is 0. The number of ether oxygens (including phenoxy) is 1. The molecule has 0 bridgehead atoms. The molecule has 1 fully saturated rings. The first-order valence-electron chi connectivity index (χ1n) is 7.24. The van der Waals surface area contributed by atoms with Gasteiger partial charge in [-0.1, -0.05) is 0 Å². The summed E-state index contributed by atoms with van der Waals surface area (Å²) in [6.07, 6.45) is 2.52. The van der Waals surface area contributed by atoms with E-state index < -0.39 is 10.2 Å². The summed E-state index contributed by atoms with van der Waals surface area (Å²) in [5, 5.41) is 4.61. The Labute approximate surface area is 125 Å². The fourth-order valence-corrected chi connectivity index (χ4v) is 4.51. The highest BCUT2D eigenvalue weighted by atomic mass is 32.2. The van der Waals surface area contributed by atoms with Gasteiger partial charge in [0.2, 0.25) is 0 Å².